The first kappa shape index (κ1) is 9.39. The van der Waals surface area contributed by atoms with Crippen LogP contribution in [0.1, 0.15) is 6.92 Å². The molecule has 0 aromatic heterocycles. The lowest BCUT2D eigenvalue weighted by atomic mass is 10.5. The zero-order chi connectivity index (χ0) is 8.20. The molecule has 0 radical (unpaired) electrons. The zero-order valence-corrected chi connectivity index (χ0v) is 6.75. The van der Waals surface area contributed by atoms with Gasteiger partial charge in [-0.05, 0) is 0 Å². The van der Waals surface area contributed by atoms with E-state index >= 15 is 0 Å². The molecule has 0 aliphatic carbocycles. The summed E-state index contributed by atoms with van der Waals surface area (Å²) in [5.41, 5.74) is 0. The number of hydrogen-bond donors (Lipinski definition) is 0. The van der Waals surface area contributed by atoms with Crippen LogP contribution in [0.2, 0.25) is 0 Å². The van der Waals surface area contributed by atoms with E-state index in [4.69, 9.17) is 9.47 Å². The van der Waals surface area contributed by atoms with Gasteiger partial charge in [-0.3, -0.25) is 9.69 Å². The van der Waals surface area contributed by atoms with E-state index in [9.17, 15) is 4.79 Å². The monoisotopic (exact) mass is 147 g/mol. The fourth-order valence-corrected chi connectivity index (χ4v) is 0.467. The molecule has 0 bridgehead atoms. The second-order valence-corrected chi connectivity index (χ2v) is 2.02. The van der Waals surface area contributed by atoms with Gasteiger partial charge in [-0.25, -0.2) is 0 Å². The van der Waals surface area contributed by atoms with Crippen LogP contribution in [0.15, 0.2) is 0 Å². The van der Waals surface area contributed by atoms with Crippen molar-refractivity contribution in [3.05, 3.63) is 0 Å². The van der Waals surface area contributed by atoms with Crippen molar-refractivity contribution in [2.75, 3.05) is 21.3 Å². The van der Waals surface area contributed by atoms with E-state index in [2.05, 4.69) is 0 Å². The summed E-state index contributed by atoms with van der Waals surface area (Å²) in [5.74, 6) is -0.943. The van der Waals surface area contributed by atoms with Gasteiger partial charge in [-0.1, -0.05) is 0 Å². The molecular formula is C6H13NO3. The van der Waals surface area contributed by atoms with Crippen LogP contribution in [0.25, 0.3) is 0 Å². The molecule has 0 rings (SSSR count). The Balaban J connectivity index is 4.15. The van der Waals surface area contributed by atoms with Gasteiger partial charge >= 0.3 is 0 Å². The minimum absolute atomic E-state index is 0.646. The number of hydrogen-bond acceptors (Lipinski definition) is 3. The maximum atomic E-state index is 10.2. The average Bonchev–Trinajstić information content (AvgIpc) is 2.01. The van der Waals surface area contributed by atoms with Gasteiger partial charge in [0.05, 0.1) is 0 Å². The van der Waals surface area contributed by atoms with Crippen molar-refractivity contribution in [2.45, 2.75) is 12.8 Å². The standard InChI is InChI=1S/C6H13NO3/c1-6(9-3,10-4)7(2)5-8/h5H,1-4H3. The second-order valence-electron chi connectivity index (χ2n) is 2.02. The van der Waals surface area contributed by atoms with Gasteiger partial charge in [0.25, 0.3) is 0 Å². The number of carbonyl (C=O) groups is 1. The van der Waals surface area contributed by atoms with E-state index < -0.39 is 5.91 Å². The fourth-order valence-electron chi connectivity index (χ4n) is 0.467. The van der Waals surface area contributed by atoms with Gasteiger partial charge in [0.1, 0.15) is 0 Å². The highest BCUT2D eigenvalue weighted by Gasteiger charge is 2.27. The zero-order valence-electron chi connectivity index (χ0n) is 6.75. The smallest absolute Gasteiger partial charge is 0.249 e. The third kappa shape index (κ3) is 1.68. The van der Waals surface area contributed by atoms with E-state index in [-0.39, 0.29) is 0 Å². The first-order chi connectivity index (χ1) is 4.60. The van der Waals surface area contributed by atoms with Gasteiger partial charge in [0.2, 0.25) is 12.3 Å². The minimum Gasteiger partial charge on any atom is -0.336 e. The summed E-state index contributed by atoms with van der Waals surface area (Å²) in [5, 5.41) is 0. The van der Waals surface area contributed by atoms with Crippen molar-refractivity contribution in [3.63, 3.8) is 0 Å². The summed E-state index contributed by atoms with van der Waals surface area (Å²) in [6.45, 7) is 1.65. The van der Waals surface area contributed by atoms with Crippen molar-refractivity contribution in [3.8, 4) is 0 Å². The molecule has 4 nitrogen and oxygen atoms in total. The number of methoxy groups -OCH3 is 2. The van der Waals surface area contributed by atoms with Crippen LogP contribution in [0, 0.1) is 0 Å². The highest BCUT2D eigenvalue weighted by Crippen LogP contribution is 2.11. The van der Waals surface area contributed by atoms with E-state index in [1.54, 1.807) is 14.0 Å². The van der Waals surface area contributed by atoms with Crippen LogP contribution in [-0.4, -0.2) is 38.5 Å². The summed E-state index contributed by atoms with van der Waals surface area (Å²) >= 11 is 0. The third-order valence-corrected chi connectivity index (χ3v) is 1.56. The molecular weight excluding hydrogens is 134 g/mol. The van der Waals surface area contributed by atoms with E-state index in [1.165, 1.54) is 19.1 Å². The SMILES string of the molecule is COC(C)(OC)N(C)C=O. The molecule has 60 valence electrons. The van der Waals surface area contributed by atoms with Crippen LogP contribution in [-0.2, 0) is 14.3 Å². The van der Waals surface area contributed by atoms with Crippen LogP contribution in [0.3, 0.4) is 0 Å². The van der Waals surface area contributed by atoms with Gasteiger partial charge in [0, 0.05) is 28.2 Å². The lowest BCUT2D eigenvalue weighted by Gasteiger charge is -2.32. The van der Waals surface area contributed by atoms with Crippen molar-refractivity contribution in [1.82, 2.24) is 4.90 Å². The molecule has 0 fully saturated rings. The molecule has 0 saturated carbocycles. The molecule has 0 heterocycles. The topological polar surface area (TPSA) is 38.8 Å². The quantitative estimate of drug-likeness (QED) is 0.416. The molecule has 1 amide bonds. The van der Waals surface area contributed by atoms with Crippen molar-refractivity contribution in [1.29, 1.82) is 0 Å². The Morgan fingerprint density at radius 1 is 1.40 bits per heavy atom. The Morgan fingerprint density at radius 3 is 1.90 bits per heavy atom. The van der Waals surface area contributed by atoms with Crippen LogP contribution >= 0.6 is 0 Å². The highest BCUT2D eigenvalue weighted by atomic mass is 16.7. The largest absolute Gasteiger partial charge is 0.336 e. The fraction of sp³-hybridized carbons (Fsp3) is 0.833. The van der Waals surface area contributed by atoms with Crippen molar-refractivity contribution >= 4 is 6.41 Å². The first-order valence-corrected chi connectivity index (χ1v) is 2.89. The van der Waals surface area contributed by atoms with Crippen LogP contribution < -0.4 is 0 Å². The van der Waals surface area contributed by atoms with E-state index in [1.807, 2.05) is 0 Å². The molecule has 0 saturated heterocycles. The number of ether oxygens (including phenoxy) is 2. The Bertz CT molecular complexity index is 112. The maximum absolute atomic E-state index is 10.2. The van der Waals surface area contributed by atoms with Crippen LogP contribution in [0.5, 0.6) is 0 Å². The van der Waals surface area contributed by atoms with Crippen molar-refractivity contribution in [2.24, 2.45) is 0 Å². The number of amides is 1. The van der Waals surface area contributed by atoms with Gasteiger partial charge in [-0.15, -0.1) is 0 Å². The summed E-state index contributed by atoms with van der Waals surface area (Å²) in [6, 6.07) is 0. The summed E-state index contributed by atoms with van der Waals surface area (Å²) in [6.07, 6.45) is 0.646. The average molecular weight is 147 g/mol. The normalized spacial score (nSPS) is 11.2. The number of carbonyl (C=O) groups excluding carboxylic acids is 1. The third-order valence-electron chi connectivity index (χ3n) is 1.56. The molecule has 0 aliphatic heterocycles. The number of rotatable bonds is 4. The Morgan fingerprint density at radius 2 is 1.80 bits per heavy atom. The highest BCUT2D eigenvalue weighted by molar-refractivity contribution is 5.47. The van der Waals surface area contributed by atoms with Crippen molar-refractivity contribution < 1.29 is 14.3 Å². The molecule has 0 atom stereocenters. The van der Waals surface area contributed by atoms with E-state index in [0.717, 1.165) is 0 Å². The molecule has 0 aliphatic rings. The molecule has 0 N–H and O–H groups in total. The first-order valence-electron chi connectivity index (χ1n) is 2.89. The van der Waals surface area contributed by atoms with Crippen LogP contribution in [0.4, 0.5) is 0 Å². The molecule has 4 heteroatoms. The van der Waals surface area contributed by atoms with E-state index in [0.29, 0.717) is 6.41 Å². The predicted octanol–water partition coefficient (Wildman–Crippen LogP) is 0.0411. The second kappa shape index (κ2) is 3.53. The molecule has 0 aromatic carbocycles. The predicted molar refractivity (Wildman–Crippen MR) is 36.2 cm³/mol. The Labute approximate surface area is 60.7 Å². The summed E-state index contributed by atoms with van der Waals surface area (Å²) in [4.78, 5) is 11.5. The van der Waals surface area contributed by atoms with Gasteiger partial charge in [0.15, 0.2) is 0 Å². The van der Waals surface area contributed by atoms with Gasteiger partial charge in [-0.2, -0.15) is 0 Å². The molecule has 10 heavy (non-hydrogen) atoms. The Kier molecular flexibility index (Phi) is 3.32. The number of nitrogens with zero attached hydrogens (tertiary/aromatic N) is 1. The molecule has 0 spiro atoms. The lowest BCUT2D eigenvalue weighted by Crippen LogP contribution is -2.46. The molecule has 0 aromatic rings. The summed E-state index contributed by atoms with van der Waals surface area (Å²) < 4.78 is 9.82. The van der Waals surface area contributed by atoms with Gasteiger partial charge < -0.3 is 9.47 Å². The minimum atomic E-state index is -0.943. The lowest BCUT2D eigenvalue weighted by molar-refractivity contribution is -0.265. The maximum Gasteiger partial charge on any atom is 0.249 e. The summed E-state index contributed by atoms with van der Waals surface area (Å²) in [7, 11) is 4.53. The Hall–Kier alpha value is -0.610. The molecule has 0 unspecified atom stereocenters.